The van der Waals surface area contributed by atoms with Crippen molar-refractivity contribution in [3.8, 4) is 0 Å². The third-order valence-corrected chi connectivity index (χ3v) is 1.04. The van der Waals surface area contributed by atoms with Gasteiger partial charge in [0.25, 0.3) is 0 Å². The van der Waals surface area contributed by atoms with Gasteiger partial charge in [-0.05, 0) is 12.1 Å². The topological polar surface area (TPSA) is 25.8 Å². The molecule has 1 heterocycles. The Hall–Kier alpha value is -1.05. The van der Waals surface area contributed by atoms with Gasteiger partial charge < -0.3 is 0 Å². The minimum Gasteiger partial charge on any atom is -0.159 e. The lowest BCUT2D eigenvalue weighted by Crippen LogP contribution is -1.89. The van der Waals surface area contributed by atoms with Gasteiger partial charge in [-0.15, -0.1) is 0 Å². The molecule has 2 heteroatoms. The molecule has 0 unspecified atom stereocenters. The molecule has 0 amide bonds. The normalized spacial score (nSPS) is 9.00. The van der Waals surface area contributed by atoms with E-state index in [1.165, 1.54) is 0 Å². The van der Waals surface area contributed by atoms with Gasteiger partial charge in [0, 0.05) is 6.20 Å². The summed E-state index contributed by atoms with van der Waals surface area (Å²) in [7, 11) is 0. The molecular formula is C7H9N2+. The van der Waals surface area contributed by atoms with Crippen molar-refractivity contribution in [2.24, 2.45) is 0 Å². The van der Waals surface area contributed by atoms with E-state index in [4.69, 9.17) is 0 Å². The Bertz CT molecular complexity index is 160. The molecule has 0 saturated heterocycles. The number of nitrogens with zero attached hydrogens (tertiary/aromatic N) is 2. The SMILES string of the molecule is C[CH+]Cc1cccnn1. The monoisotopic (exact) mass is 121 g/mol. The molecule has 9 heavy (non-hydrogen) atoms. The largest absolute Gasteiger partial charge is 0.159 e. The van der Waals surface area contributed by atoms with Crippen LogP contribution < -0.4 is 0 Å². The van der Waals surface area contributed by atoms with Crippen molar-refractivity contribution in [2.75, 3.05) is 0 Å². The van der Waals surface area contributed by atoms with Crippen LogP contribution in [0.3, 0.4) is 0 Å². The smallest absolute Gasteiger partial charge is 0.131 e. The molecule has 0 radical (unpaired) electrons. The summed E-state index contributed by atoms with van der Waals surface area (Å²) in [6.45, 7) is 2.01. The molecule has 1 aromatic rings. The summed E-state index contributed by atoms with van der Waals surface area (Å²) in [5.41, 5.74) is 1.03. The third kappa shape index (κ3) is 1.72. The summed E-state index contributed by atoms with van der Waals surface area (Å²) >= 11 is 0. The van der Waals surface area contributed by atoms with Gasteiger partial charge in [-0.2, -0.15) is 10.2 Å². The Kier molecular flexibility index (Phi) is 2.07. The predicted octanol–water partition coefficient (Wildman–Crippen LogP) is 1.24. The third-order valence-electron chi connectivity index (χ3n) is 1.04. The minimum absolute atomic E-state index is 0.911. The van der Waals surface area contributed by atoms with Crippen molar-refractivity contribution in [3.63, 3.8) is 0 Å². The lowest BCUT2D eigenvalue weighted by molar-refractivity contribution is 0.925. The lowest BCUT2D eigenvalue weighted by Gasteiger charge is -1.85. The second kappa shape index (κ2) is 3.07. The van der Waals surface area contributed by atoms with Crippen LogP contribution in [0.4, 0.5) is 0 Å². The van der Waals surface area contributed by atoms with Crippen molar-refractivity contribution in [3.05, 3.63) is 30.4 Å². The molecule has 0 N–H and O–H groups in total. The van der Waals surface area contributed by atoms with Gasteiger partial charge >= 0.3 is 0 Å². The van der Waals surface area contributed by atoms with Gasteiger partial charge in [-0.1, -0.05) is 0 Å². The summed E-state index contributed by atoms with van der Waals surface area (Å²) in [5.74, 6) is 0. The highest BCUT2D eigenvalue weighted by Crippen LogP contribution is 1.93. The predicted molar refractivity (Wildman–Crippen MR) is 35.7 cm³/mol. The first-order valence-corrected chi connectivity index (χ1v) is 2.98. The fraction of sp³-hybridized carbons (Fsp3) is 0.286. The molecule has 0 saturated carbocycles. The van der Waals surface area contributed by atoms with Crippen LogP contribution in [0, 0.1) is 6.42 Å². The molecule has 1 aromatic heterocycles. The average Bonchev–Trinajstić information content (AvgIpc) is 1.91. The van der Waals surface area contributed by atoms with E-state index in [1.807, 2.05) is 19.1 Å². The lowest BCUT2D eigenvalue weighted by atomic mass is 10.2. The Balaban J connectivity index is 2.61. The van der Waals surface area contributed by atoms with Gasteiger partial charge in [0.2, 0.25) is 0 Å². The van der Waals surface area contributed by atoms with Crippen LogP contribution in [0.2, 0.25) is 0 Å². The van der Waals surface area contributed by atoms with Gasteiger partial charge in [0.05, 0.1) is 13.3 Å². The second-order valence-electron chi connectivity index (χ2n) is 1.83. The minimum atomic E-state index is 0.911. The van der Waals surface area contributed by atoms with Crippen LogP contribution in [-0.2, 0) is 6.42 Å². The summed E-state index contributed by atoms with van der Waals surface area (Å²) in [4.78, 5) is 0. The van der Waals surface area contributed by atoms with Crippen LogP contribution in [0.25, 0.3) is 0 Å². The quantitative estimate of drug-likeness (QED) is 0.550. The summed E-state index contributed by atoms with van der Waals surface area (Å²) in [6, 6.07) is 3.86. The van der Waals surface area contributed by atoms with Crippen molar-refractivity contribution in [1.29, 1.82) is 0 Å². The van der Waals surface area contributed by atoms with Gasteiger partial charge in [-0.25, -0.2) is 0 Å². The van der Waals surface area contributed by atoms with Crippen molar-refractivity contribution < 1.29 is 0 Å². The van der Waals surface area contributed by atoms with E-state index in [0.717, 1.165) is 12.1 Å². The van der Waals surface area contributed by atoms with E-state index < -0.39 is 0 Å². The fourth-order valence-electron chi connectivity index (χ4n) is 0.651. The number of hydrogen-bond acceptors (Lipinski definition) is 2. The molecule has 1 rings (SSSR count). The molecule has 0 atom stereocenters. The first-order chi connectivity index (χ1) is 4.43. The summed E-state index contributed by atoms with van der Waals surface area (Å²) < 4.78 is 0. The van der Waals surface area contributed by atoms with Crippen LogP contribution in [0.5, 0.6) is 0 Å². The molecule has 0 spiro atoms. The van der Waals surface area contributed by atoms with E-state index in [0.29, 0.717) is 0 Å². The van der Waals surface area contributed by atoms with Crippen molar-refractivity contribution >= 4 is 0 Å². The highest BCUT2D eigenvalue weighted by molar-refractivity contribution is 5.01. The van der Waals surface area contributed by atoms with E-state index >= 15 is 0 Å². The molecule has 0 aliphatic carbocycles. The molecule has 2 nitrogen and oxygen atoms in total. The Morgan fingerprint density at radius 3 is 3.11 bits per heavy atom. The van der Waals surface area contributed by atoms with Gasteiger partial charge in [-0.3, -0.25) is 0 Å². The highest BCUT2D eigenvalue weighted by atomic mass is 15.1. The van der Waals surface area contributed by atoms with Crippen LogP contribution in [-0.4, -0.2) is 10.2 Å². The molecule has 0 aliphatic rings. The van der Waals surface area contributed by atoms with E-state index in [2.05, 4.69) is 16.6 Å². The fourth-order valence-corrected chi connectivity index (χ4v) is 0.651. The van der Waals surface area contributed by atoms with Crippen molar-refractivity contribution in [1.82, 2.24) is 10.2 Å². The van der Waals surface area contributed by atoms with E-state index in [1.54, 1.807) is 6.20 Å². The Morgan fingerprint density at radius 1 is 1.67 bits per heavy atom. The molecule has 0 aromatic carbocycles. The Labute approximate surface area is 54.9 Å². The zero-order valence-corrected chi connectivity index (χ0v) is 5.41. The number of hydrogen-bond donors (Lipinski definition) is 0. The van der Waals surface area contributed by atoms with Crippen LogP contribution in [0.15, 0.2) is 18.3 Å². The highest BCUT2D eigenvalue weighted by Gasteiger charge is 1.94. The Morgan fingerprint density at radius 2 is 2.56 bits per heavy atom. The van der Waals surface area contributed by atoms with Crippen molar-refractivity contribution in [2.45, 2.75) is 13.3 Å². The van der Waals surface area contributed by atoms with E-state index in [9.17, 15) is 0 Å². The number of aromatic nitrogens is 2. The summed E-state index contributed by atoms with van der Waals surface area (Å²) in [6.07, 6.45) is 4.65. The molecule has 0 aliphatic heterocycles. The van der Waals surface area contributed by atoms with Gasteiger partial charge in [0.1, 0.15) is 12.1 Å². The molecular weight excluding hydrogens is 112 g/mol. The van der Waals surface area contributed by atoms with Crippen LogP contribution >= 0.6 is 0 Å². The standard InChI is InChI=1S/C7H9N2/c1-2-4-7-5-3-6-8-9-7/h2-3,5-6H,4H2,1H3/q+1. The first kappa shape index (κ1) is 6.08. The van der Waals surface area contributed by atoms with Crippen LogP contribution in [0.1, 0.15) is 12.6 Å². The molecule has 46 valence electrons. The molecule has 0 bridgehead atoms. The average molecular weight is 121 g/mol. The van der Waals surface area contributed by atoms with Gasteiger partial charge in [0.15, 0.2) is 0 Å². The number of rotatable bonds is 2. The maximum atomic E-state index is 3.89. The zero-order chi connectivity index (χ0) is 6.53. The zero-order valence-electron chi connectivity index (χ0n) is 5.41. The maximum absolute atomic E-state index is 3.89. The summed E-state index contributed by atoms with van der Waals surface area (Å²) in [5, 5.41) is 7.62. The maximum Gasteiger partial charge on any atom is 0.131 e. The second-order valence-corrected chi connectivity index (χ2v) is 1.83. The molecule has 0 fully saturated rings. The van der Waals surface area contributed by atoms with E-state index in [-0.39, 0.29) is 0 Å². The first-order valence-electron chi connectivity index (χ1n) is 2.98.